The number of aromatic amines is 1. The summed E-state index contributed by atoms with van der Waals surface area (Å²) >= 11 is 1.75. The maximum atomic E-state index is 4.69. The van der Waals surface area contributed by atoms with Crippen molar-refractivity contribution in [2.45, 2.75) is 39.0 Å². The molecule has 3 heterocycles. The first kappa shape index (κ1) is 14.4. The van der Waals surface area contributed by atoms with Gasteiger partial charge in [0.15, 0.2) is 11.6 Å². The van der Waals surface area contributed by atoms with Crippen molar-refractivity contribution in [3.8, 4) is 10.7 Å². The number of anilines is 2. The van der Waals surface area contributed by atoms with E-state index in [0.29, 0.717) is 5.92 Å². The van der Waals surface area contributed by atoms with Gasteiger partial charge in [0.1, 0.15) is 5.82 Å². The van der Waals surface area contributed by atoms with Gasteiger partial charge in [-0.1, -0.05) is 6.92 Å². The van der Waals surface area contributed by atoms with Crippen LogP contribution >= 0.6 is 11.3 Å². The summed E-state index contributed by atoms with van der Waals surface area (Å²) in [6, 6.07) is 6.32. The van der Waals surface area contributed by atoms with Gasteiger partial charge in [-0.15, -0.1) is 11.3 Å². The molecule has 5 nitrogen and oxygen atoms in total. The molecule has 1 saturated carbocycles. The number of rotatable bonds is 5. The number of nitrogens with zero attached hydrogens (tertiary/aromatic N) is 3. The van der Waals surface area contributed by atoms with Gasteiger partial charge in [-0.05, 0) is 38.3 Å². The monoisotopic (exact) mass is 325 g/mol. The number of hydrogen-bond acceptors (Lipinski definition) is 5. The molecule has 0 amide bonds. The van der Waals surface area contributed by atoms with E-state index in [-0.39, 0.29) is 0 Å². The number of nitrogens with one attached hydrogen (secondary N) is 2. The zero-order valence-electron chi connectivity index (χ0n) is 13.3. The van der Waals surface area contributed by atoms with Crippen LogP contribution in [0.1, 0.15) is 41.8 Å². The molecule has 0 aliphatic heterocycles. The first-order chi connectivity index (χ1) is 11.2. The van der Waals surface area contributed by atoms with Crippen LogP contribution in [0.4, 0.5) is 11.6 Å². The Kier molecular flexibility index (Phi) is 3.61. The normalized spacial score (nSPS) is 14.2. The fourth-order valence-electron chi connectivity index (χ4n) is 2.50. The van der Waals surface area contributed by atoms with Crippen molar-refractivity contribution in [1.29, 1.82) is 0 Å². The second kappa shape index (κ2) is 5.77. The quantitative estimate of drug-likeness (QED) is 0.728. The third-order valence-corrected chi connectivity index (χ3v) is 5.29. The molecule has 3 aromatic rings. The molecule has 118 valence electrons. The summed E-state index contributed by atoms with van der Waals surface area (Å²) in [5.41, 5.74) is 2.22. The zero-order valence-corrected chi connectivity index (χ0v) is 14.1. The molecule has 0 aromatic carbocycles. The van der Waals surface area contributed by atoms with Crippen LogP contribution in [-0.2, 0) is 6.42 Å². The molecule has 6 heteroatoms. The average Bonchev–Trinajstić information content (AvgIpc) is 3.11. The van der Waals surface area contributed by atoms with Crippen LogP contribution in [0.3, 0.4) is 0 Å². The Hall–Kier alpha value is -2.21. The van der Waals surface area contributed by atoms with Crippen molar-refractivity contribution in [3.05, 3.63) is 40.5 Å². The molecule has 2 N–H and O–H groups in total. The number of H-pyrrole nitrogens is 1. The van der Waals surface area contributed by atoms with Gasteiger partial charge in [0.2, 0.25) is 0 Å². The summed E-state index contributed by atoms with van der Waals surface area (Å²) in [6.45, 7) is 4.17. The highest BCUT2D eigenvalue weighted by Crippen LogP contribution is 2.39. The SMILES string of the molecule is CCc1ccc(-c2ncc(C)c(Nc3cc(C4CC4)[nH]n3)n2)s1. The first-order valence-electron chi connectivity index (χ1n) is 7.98. The van der Waals surface area contributed by atoms with E-state index in [4.69, 9.17) is 0 Å². The van der Waals surface area contributed by atoms with Gasteiger partial charge in [0.25, 0.3) is 0 Å². The van der Waals surface area contributed by atoms with E-state index in [1.807, 2.05) is 13.1 Å². The van der Waals surface area contributed by atoms with E-state index >= 15 is 0 Å². The van der Waals surface area contributed by atoms with Crippen molar-refractivity contribution in [2.75, 3.05) is 5.32 Å². The van der Waals surface area contributed by atoms with Crippen LogP contribution < -0.4 is 5.32 Å². The third kappa shape index (κ3) is 2.99. The van der Waals surface area contributed by atoms with E-state index in [0.717, 1.165) is 34.3 Å². The zero-order chi connectivity index (χ0) is 15.8. The topological polar surface area (TPSA) is 66.5 Å². The van der Waals surface area contributed by atoms with E-state index in [9.17, 15) is 0 Å². The Bertz CT molecular complexity index is 831. The lowest BCUT2D eigenvalue weighted by Gasteiger charge is -2.07. The minimum Gasteiger partial charge on any atom is -0.323 e. The Morgan fingerprint density at radius 3 is 2.96 bits per heavy atom. The summed E-state index contributed by atoms with van der Waals surface area (Å²) in [4.78, 5) is 11.6. The minimum absolute atomic E-state index is 0.665. The molecule has 0 atom stereocenters. The Balaban J connectivity index is 1.60. The first-order valence-corrected chi connectivity index (χ1v) is 8.79. The maximum Gasteiger partial charge on any atom is 0.171 e. The molecule has 0 spiro atoms. The van der Waals surface area contributed by atoms with Crippen molar-refractivity contribution in [1.82, 2.24) is 20.2 Å². The Morgan fingerprint density at radius 1 is 1.35 bits per heavy atom. The van der Waals surface area contributed by atoms with E-state index < -0.39 is 0 Å². The number of hydrogen-bond donors (Lipinski definition) is 2. The van der Waals surface area contributed by atoms with Crippen LogP contribution in [-0.4, -0.2) is 20.2 Å². The van der Waals surface area contributed by atoms with Gasteiger partial charge in [-0.25, -0.2) is 9.97 Å². The second-order valence-electron chi connectivity index (χ2n) is 5.95. The molecule has 0 bridgehead atoms. The molecule has 3 aromatic heterocycles. The molecule has 1 aliphatic rings. The highest BCUT2D eigenvalue weighted by atomic mass is 32.1. The number of aromatic nitrogens is 4. The molecular weight excluding hydrogens is 306 g/mol. The second-order valence-corrected chi connectivity index (χ2v) is 7.12. The molecule has 0 radical (unpaired) electrons. The summed E-state index contributed by atoms with van der Waals surface area (Å²) < 4.78 is 0. The molecule has 4 rings (SSSR count). The highest BCUT2D eigenvalue weighted by Gasteiger charge is 2.25. The molecule has 1 aliphatic carbocycles. The van der Waals surface area contributed by atoms with Gasteiger partial charge in [0.05, 0.1) is 4.88 Å². The van der Waals surface area contributed by atoms with Crippen molar-refractivity contribution in [2.24, 2.45) is 0 Å². The fraction of sp³-hybridized carbons (Fsp3) is 0.353. The van der Waals surface area contributed by atoms with Crippen molar-refractivity contribution < 1.29 is 0 Å². The number of aryl methyl sites for hydroxylation is 2. The Labute approximate surface area is 139 Å². The molecule has 0 unspecified atom stereocenters. The highest BCUT2D eigenvalue weighted by molar-refractivity contribution is 7.15. The Morgan fingerprint density at radius 2 is 2.22 bits per heavy atom. The molecular formula is C17H19N5S. The van der Waals surface area contributed by atoms with Gasteiger partial charge in [-0.2, -0.15) is 5.10 Å². The lowest BCUT2D eigenvalue weighted by atomic mass is 10.3. The molecule has 23 heavy (non-hydrogen) atoms. The van der Waals surface area contributed by atoms with Crippen LogP contribution in [0.5, 0.6) is 0 Å². The van der Waals surface area contributed by atoms with E-state index in [1.54, 1.807) is 11.3 Å². The van der Waals surface area contributed by atoms with E-state index in [2.05, 4.69) is 50.6 Å². The van der Waals surface area contributed by atoms with Gasteiger partial charge < -0.3 is 5.32 Å². The van der Waals surface area contributed by atoms with Crippen LogP contribution in [0.25, 0.3) is 10.7 Å². The largest absolute Gasteiger partial charge is 0.323 e. The van der Waals surface area contributed by atoms with Crippen molar-refractivity contribution >= 4 is 23.0 Å². The lowest BCUT2D eigenvalue weighted by Crippen LogP contribution is -1.99. The van der Waals surface area contributed by atoms with Gasteiger partial charge in [0, 0.05) is 34.3 Å². The lowest BCUT2D eigenvalue weighted by molar-refractivity contribution is 0.966. The maximum absolute atomic E-state index is 4.69. The standard InChI is InChI=1S/C17H19N5S/c1-3-12-6-7-14(23-12)17-18-9-10(2)16(20-17)19-15-8-13(21-22-15)11-4-5-11/h6-9,11H,3-5H2,1-2H3,(H2,18,19,20,21,22). The van der Waals surface area contributed by atoms with Crippen LogP contribution in [0, 0.1) is 6.92 Å². The smallest absolute Gasteiger partial charge is 0.171 e. The minimum atomic E-state index is 0.665. The predicted molar refractivity (Wildman–Crippen MR) is 93.3 cm³/mol. The third-order valence-electron chi connectivity index (χ3n) is 4.06. The summed E-state index contributed by atoms with van der Waals surface area (Å²) in [7, 11) is 0. The average molecular weight is 325 g/mol. The summed E-state index contributed by atoms with van der Waals surface area (Å²) in [5.74, 6) is 3.06. The van der Waals surface area contributed by atoms with E-state index in [1.165, 1.54) is 23.4 Å². The van der Waals surface area contributed by atoms with Gasteiger partial charge in [-0.3, -0.25) is 5.10 Å². The molecule has 0 saturated heterocycles. The summed E-state index contributed by atoms with van der Waals surface area (Å²) in [6.07, 6.45) is 5.43. The number of thiophene rings is 1. The summed E-state index contributed by atoms with van der Waals surface area (Å²) in [5, 5.41) is 10.8. The van der Waals surface area contributed by atoms with Crippen molar-refractivity contribution in [3.63, 3.8) is 0 Å². The van der Waals surface area contributed by atoms with Gasteiger partial charge >= 0.3 is 0 Å². The fourth-order valence-corrected chi connectivity index (χ4v) is 3.39. The predicted octanol–water partition coefficient (Wildman–Crippen LogP) is 4.42. The molecule has 1 fully saturated rings. The van der Waals surface area contributed by atoms with Crippen LogP contribution in [0.2, 0.25) is 0 Å². The van der Waals surface area contributed by atoms with Crippen LogP contribution in [0.15, 0.2) is 24.4 Å².